The van der Waals surface area contributed by atoms with Crippen LogP contribution in [0.15, 0.2) is 60.7 Å². The molecule has 1 aromatic heterocycles. The van der Waals surface area contributed by atoms with Crippen LogP contribution in [0.25, 0.3) is 0 Å². The van der Waals surface area contributed by atoms with Gasteiger partial charge in [-0.05, 0) is 24.3 Å². The zero-order valence-corrected chi connectivity index (χ0v) is 16.7. The first-order valence-corrected chi connectivity index (χ1v) is 10.1. The van der Waals surface area contributed by atoms with Crippen molar-refractivity contribution in [1.82, 2.24) is 19.9 Å². The Bertz CT molecular complexity index is 846. The van der Waals surface area contributed by atoms with Crippen molar-refractivity contribution < 1.29 is 9.47 Å². The van der Waals surface area contributed by atoms with E-state index < -0.39 is 0 Å². The van der Waals surface area contributed by atoms with Crippen LogP contribution < -0.4 is 14.4 Å². The summed E-state index contributed by atoms with van der Waals surface area (Å²) >= 11 is 5.86. The van der Waals surface area contributed by atoms with E-state index in [0.717, 1.165) is 32.7 Å². The van der Waals surface area contributed by atoms with Crippen molar-refractivity contribution in [3.63, 3.8) is 0 Å². The van der Waals surface area contributed by atoms with Gasteiger partial charge in [-0.1, -0.05) is 36.4 Å². The molecule has 0 radical (unpaired) electrons. The molecular formula is C21H22ClN5O2. The summed E-state index contributed by atoms with van der Waals surface area (Å²) in [7, 11) is 0. The number of alkyl halides is 1. The Morgan fingerprint density at radius 3 is 1.72 bits per heavy atom. The molecule has 1 fully saturated rings. The average Bonchev–Trinajstić information content (AvgIpc) is 2.76. The smallest absolute Gasteiger partial charge is 0.330 e. The van der Waals surface area contributed by atoms with Crippen molar-refractivity contribution >= 4 is 17.5 Å². The second-order valence-electron chi connectivity index (χ2n) is 6.55. The molecule has 1 aliphatic heterocycles. The summed E-state index contributed by atoms with van der Waals surface area (Å²) in [6, 6.07) is 19.3. The molecule has 8 heteroatoms. The minimum atomic E-state index is 0.204. The van der Waals surface area contributed by atoms with Crippen LogP contribution in [0.4, 0.5) is 5.95 Å². The summed E-state index contributed by atoms with van der Waals surface area (Å²) in [5.41, 5.74) is 0. The Kier molecular flexibility index (Phi) is 6.38. The van der Waals surface area contributed by atoms with Gasteiger partial charge in [0.25, 0.3) is 0 Å². The number of hydrogen-bond acceptors (Lipinski definition) is 7. The number of ether oxygens (including phenoxy) is 2. The number of aromatic nitrogens is 3. The summed E-state index contributed by atoms with van der Waals surface area (Å²) in [4.78, 5) is 17.8. The van der Waals surface area contributed by atoms with E-state index in [9.17, 15) is 0 Å². The summed E-state index contributed by atoms with van der Waals surface area (Å²) in [5.74, 6) is 2.49. The number of para-hydroxylation sites is 2. The maximum Gasteiger partial charge on any atom is 0.330 e. The number of anilines is 1. The van der Waals surface area contributed by atoms with Gasteiger partial charge in [-0.25, -0.2) is 0 Å². The number of piperazine rings is 1. The number of benzene rings is 2. The summed E-state index contributed by atoms with van der Waals surface area (Å²) in [5, 5.41) is 0. The van der Waals surface area contributed by atoms with Gasteiger partial charge in [-0.3, -0.25) is 4.90 Å². The fourth-order valence-corrected chi connectivity index (χ4v) is 3.28. The van der Waals surface area contributed by atoms with E-state index in [0.29, 0.717) is 23.3 Å². The van der Waals surface area contributed by atoms with E-state index in [2.05, 4.69) is 24.8 Å². The number of hydrogen-bond donors (Lipinski definition) is 0. The van der Waals surface area contributed by atoms with Gasteiger partial charge in [-0.15, -0.1) is 16.6 Å². The van der Waals surface area contributed by atoms with Gasteiger partial charge in [0.2, 0.25) is 5.95 Å². The van der Waals surface area contributed by atoms with E-state index in [-0.39, 0.29) is 12.0 Å². The van der Waals surface area contributed by atoms with Crippen molar-refractivity contribution in [1.29, 1.82) is 0 Å². The Morgan fingerprint density at radius 2 is 1.24 bits per heavy atom. The third-order valence-electron chi connectivity index (χ3n) is 4.54. The SMILES string of the molecule is ClCCN1CCN(c2nc(Oc3ccccc3)nc(Oc3ccccc3)n2)CC1. The maximum atomic E-state index is 5.86. The molecule has 1 aliphatic rings. The number of nitrogens with zero attached hydrogens (tertiary/aromatic N) is 5. The van der Waals surface area contributed by atoms with Gasteiger partial charge in [0.05, 0.1) is 0 Å². The molecule has 2 heterocycles. The Labute approximate surface area is 174 Å². The molecule has 0 N–H and O–H groups in total. The van der Waals surface area contributed by atoms with Gasteiger partial charge in [0, 0.05) is 38.6 Å². The van der Waals surface area contributed by atoms with Crippen molar-refractivity contribution in [2.45, 2.75) is 0 Å². The highest BCUT2D eigenvalue weighted by atomic mass is 35.5. The lowest BCUT2D eigenvalue weighted by Crippen LogP contribution is -2.47. The van der Waals surface area contributed by atoms with Gasteiger partial charge in [-0.2, -0.15) is 9.97 Å². The zero-order valence-electron chi connectivity index (χ0n) is 15.9. The fraction of sp³-hybridized carbons (Fsp3) is 0.286. The van der Waals surface area contributed by atoms with E-state index in [1.54, 1.807) is 0 Å². The highest BCUT2D eigenvalue weighted by Crippen LogP contribution is 2.25. The van der Waals surface area contributed by atoms with E-state index in [1.165, 1.54) is 0 Å². The summed E-state index contributed by atoms with van der Waals surface area (Å²) < 4.78 is 11.7. The first-order valence-electron chi connectivity index (χ1n) is 9.55. The van der Waals surface area contributed by atoms with Gasteiger partial charge >= 0.3 is 12.0 Å². The van der Waals surface area contributed by atoms with Crippen LogP contribution in [0, 0.1) is 0 Å². The van der Waals surface area contributed by atoms with Crippen molar-refractivity contribution in [3.8, 4) is 23.5 Å². The molecule has 0 bridgehead atoms. The molecule has 0 aliphatic carbocycles. The van der Waals surface area contributed by atoms with Crippen LogP contribution in [-0.4, -0.2) is 58.5 Å². The van der Waals surface area contributed by atoms with Crippen LogP contribution in [0.3, 0.4) is 0 Å². The second-order valence-corrected chi connectivity index (χ2v) is 6.93. The highest BCUT2D eigenvalue weighted by Gasteiger charge is 2.21. The van der Waals surface area contributed by atoms with Crippen LogP contribution in [-0.2, 0) is 0 Å². The van der Waals surface area contributed by atoms with Crippen LogP contribution in [0.2, 0.25) is 0 Å². The van der Waals surface area contributed by atoms with E-state index in [4.69, 9.17) is 21.1 Å². The zero-order chi connectivity index (χ0) is 19.9. The molecular weight excluding hydrogens is 390 g/mol. The highest BCUT2D eigenvalue weighted by molar-refractivity contribution is 6.18. The topological polar surface area (TPSA) is 63.6 Å². The molecule has 4 rings (SSSR count). The molecule has 0 unspecified atom stereocenters. The first-order chi connectivity index (χ1) is 14.3. The minimum absolute atomic E-state index is 0.204. The molecule has 150 valence electrons. The van der Waals surface area contributed by atoms with Crippen LogP contribution in [0.5, 0.6) is 23.5 Å². The monoisotopic (exact) mass is 411 g/mol. The fourth-order valence-electron chi connectivity index (χ4n) is 3.04. The molecule has 1 saturated heterocycles. The summed E-state index contributed by atoms with van der Waals surface area (Å²) in [6.45, 7) is 4.30. The lowest BCUT2D eigenvalue weighted by atomic mass is 10.3. The largest absolute Gasteiger partial charge is 0.424 e. The third-order valence-corrected chi connectivity index (χ3v) is 4.71. The molecule has 0 amide bonds. The first kappa shape index (κ1) is 19.4. The number of halogens is 1. The Hall–Kier alpha value is -2.90. The van der Waals surface area contributed by atoms with Gasteiger partial charge in [0.1, 0.15) is 11.5 Å². The Balaban J connectivity index is 1.57. The lowest BCUT2D eigenvalue weighted by Gasteiger charge is -2.34. The Morgan fingerprint density at radius 1 is 0.724 bits per heavy atom. The van der Waals surface area contributed by atoms with Crippen molar-refractivity contribution in [2.75, 3.05) is 43.5 Å². The lowest BCUT2D eigenvalue weighted by molar-refractivity contribution is 0.270. The predicted octanol–water partition coefficient (Wildman–Crippen LogP) is 3.82. The van der Waals surface area contributed by atoms with Crippen LogP contribution in [0.1, 0.15) is 0 Å². The number of rotatable bonds is 7. The molecule has 0 atom stereocenters. The van der Waals surface area contributed by atoms with Crippen LogP contribution >= 0.6 is 11.6 Å². The molecule has 3 aromatic rings. The van der Waals surface area contributed by atoms with E-state index >= 15 is 0 Å². The van der Waals surface area contributed by atoms with Crippen molar-refractivity contribution in [3.05, 3.63) is 60.7 Å². The molecule has 2 aromatic carbocycles. The average molecular weight is 412 g/mol. The summed E-state index contributed by atoms with van der Waals surface area (Å²) in [6.07, 6.45) is 0. The predicted molar refractivity (Wildman–Crippen MR) is 112 cm³/mol. The maximum absolute atomic E-state index is 5.86. The van der Waals surface area contributed by atoms with Gasteiger partial charge in [0.15, 0.2) is 0 Å². The molecule has 0 saturated carbocycles. The molecule has 29 heavy (non-hydrogen) atoms. The second kappa shape index (κ2) is 9.54. The van der Waals surface area contributed by atoms with Gasteiger partial charge < -0.3 is 14.4 Å². The quantitative estimate of drug-likeness (QED) is 0.547. The normalized spacial score (nSPS) is 14.6. The van der Waals surface area contributed by atoms with E-state index in [1.807, 2.05) is 60.7 Å². The standard InChI is InChI=1S/C21H22ClN5O2/c22-11-12-26-13-15-27(16-14-26)19-23-20(28-17-7-3-1-4-8-17)25-21(24-19)29-18-9-5-2-6-10-18/h1-10H,11-16H2. The minimum Gasteiger partial charge on any atom is -0.424 e. The molecule has 7 nitrogen and oxygen atoms in total. The van der Waals surface area contributed by atoms with Crippen molar-refractivity contribution in [2.24, 2.45) is 0 Å². The molecule has 0 spiro atoms. The third kappa shape index (κ3) is 5.34.